The van der Waals surface area contributed by atoms with Crippen molar-refractivity contribution in [3.63, 3.8) is 0 Å². The average Bonchev–Trinajstić information content (AvgIpc) is 3.20. The average molecular weight is 969 g/mol. The maximum absolute atomic E-state index is 12.3. The molecule has 12 heteroatoms. The lowest BCUT2D eigenvalue weighted by Gasteiger charge is -2.34. The second-order valence-corrected chi connectivity index (χ2v) is 18.1. The first kappa shape index (κ1) is 47.9. The number of piperazine rings is 2. The highest BCUT2D eigenvalue weighted by Gasteiger charge is 2.20. The van der Waals surface area contributed by atoms with Gasteiger partial charge in [0.25, 0.3) is 0 Å². The van der Waals surface area contributed by atoms with E-state index in [9.17, 15) is 4.79 Å². The van der Waals surface area contributed by atoms with Gasteiger partial charge >= 0.3 is 0 Å². The van der Waals surface area contributed by atoms with Crippen molar-refractivity contribution in [2.24, 2.45) is 0 Å². The Bertz CT molecular complexity index is 1770. The predicted molar refractivity (Wildman–Crippen MR) is 252 cm³/mol. The van der Waals surface area contributed by atoms with Crippen molar-refractivity contribution in [2.45, 2.75) is 19.4 Å². The summed E-state index contributed by atoms with van der Waals surface area (Å²) in [6.07, 6.45) is 2.04. The van der Waals surface area contributed by atoms with Gasteiger partial charge in [-0.3, -0.25) is 14.6 Å². The number of Topliss-reactive ketones (excluding diaryl/α,β-unsaturated/α-hetero) is 1. The molecule has 0 aromatic heterocycles. The van der Waals surface area contributed by atoms with Gasteiger partial charge in [-0.2, -0.15) is 0 Å². The number of rotatable bonds is 14. The summed E-state index contributed by atoms with van der Waals surface area (Å²) in [5.74, 6) is 0.220. The van der Waals surface area contributed by atoms with Gasteiger partial charge in [0.1, 0.15) is 0 Å². The largest absolute Gasteiger partial charge is 0.308 e. The highest BCUT2D eigenvalue weighted by molar-refractivity contribution is 14.1. The predicted octanol–water partition coefficient (Wildman–Crippen LogP) is 9.10. The van der Waals surface area contributed by atoms with Crippen LogP contribution in [0.1, 0.15) is 27.0 Å². The molecule has 2 fully saturated rings. The van der Waals surface area contributed by atoms with Crippen LogP contribution in [-0.4, -0.2) is 148 Å². The molecular weight excluding hydrogens is 909 g/mol. The van der Waals surface area contributed by atoms with Crippen LogP contribution >= 0.6 is 69.0 Å². The van der Waals surface area contributed by atoms with E-state index in [4.69, 9.17) is 46.4 Å². The standard InChI is InChI=1S/C19H21IN2O.C13H18Cl2N2.C13H20Cl2N2/c20-18-8-6-17(7-9-18)19(23)15-22-12-10-21(11-13-22)14-16-4-2-1-3-5-16;1-16-6-8-17(9-7-16)5-4-11-2-3-12(14)13(15)10-11;1-16(2)8-9-17(3)7-6-11-4-5-12(14)13(15)10-11/h1-9H,10-15H2;2-3,10H,4-9H2,1H3;4-5,10H,6-9H2,1-3H3. The number of likely N-dealkylation sites (N-methyl/N-ethyl adjacent to an activating group) is 3. The molecule has 4 aromatic carbocycles. The first-order valence-corrected chi connectivity index (χ1v) is 22.3. The Hall–Kier alpha value is -1.80. The summed E-state index contributed by atoms with van der Waals surface area (Å²) in [5, 5.41) is 2.55. The zero-order chi connectivity index (χ0) is 41.2. The summed E-state index contributed by atoms with van der Waals surface area (Å²) in [6.45, 7) is 14.5. The highest BCUT2D eigenvalue weighted by atomic mass is 127. The van der Waals surface area contributed by atoms with Crippen LogP contribution in [0.2, 0.25) is 20.1 Å². The number of carbonyl (C=O) groups excluding carboxylic acids is 1. The van der Waals surface area contributed by atoms with E-state index in [0.29, 0.717) is 26.6 Å². The third kappa shape index (κ3) is 18.6. The molecule has 4 aromatic rings. The Balaban J connectivity index is 0.000000193. The van der Waals surface area contributed by atoms with E-state index >= 15 is 0 Å². The van der Waals surface area contributed by atoms with Gasteiger partial charge < -0.3 is 19.6 Å². The molecule has 2 heterocycles. The summed E-state index contributed by atoms with van der Waals surface area (Å²) in [6, 6.07) is 30.2. The molecule has 7 nitrogen and oxygen atoms in total. The Kier molecular flexibility index (Phi) is 21.6. The Morgan fingerprint density at radius 2 is 1.14 bits per heavy atom. The van der Waals surface area contributed by atoms with Crippen LogP contribution in [0.25, 0.3) is 0 Å². The number of halogens is 5. The van der Waals surface area contributed by atoms with Crippen LogP contribution in [0.15, 0.2) is 91.0 Å². The van der Waals surface area contributed by atoms with Crippen molar-refractivity contribution < 1.29 is 4.79 Å². The van der Waals surface area contributed by atoms with Crippen LogP contribution in [0.5, 0.6) is 0 Å². The highest BCUT2D eigenvalue weighted by Crippen LogP contribution is 2.24. The number of hydrogen-bond acceptors (Lipinski definition) is 7. The van der Waals surface area contributed by atoms with Crippen LogP contribution in [-0.2, 0) is 19.4 Å². The van der Waals surface area contributed by atoms with Crippen molar-refractivity contribution in [3.8, 4) is 0 Å². The normalized spacial score (nSPS) is 15.6. The SMILES string of the molecule is CN(C)CCN(C)CCc1ccc(Cl)c(Cl)c1.CN1CCN(CCc2ccc(Cl)c(Cl)c2)CC1.O=C(CN1CCN(Cc2ccccc2)CC1)c1ccc(I)cc1. The molecule has 310 valence electrons. The van der Waals surface area contributed by atoms with Crippen molar-refractivity contribution in [2.75, 3.05) is 113 Å². The molecule has 0 atom stereocenters. The molecule has 2 aliphatic heterocycles. The summed E-state index contributed by atoms with van der Waals surface area (Å²) >= 11 is 26.0. The molecule has 0 N–H and O–H groups in total. The molecule has 2 aliphatic rings. The lowest BCUT2D eigenvalue weighted by molar-refractivity contribution is 0.0843. The second-order valence-electron chi connectivity index (χ2n) is 15.2. The minimum Gasteiger partial charge on any atom is -0.308 e. The van der Waals surface area contributed by atoms with Crippen LogP contribution in [0.3, 0.4) is 0 Å². The minimum absolute atomic E-state index is 0.220. The van der Waals surface area contributed by atoms with Crippen molar-refractivity contribution in [3.05, 3.63) is 137 Å². The zero-order valence-corrected chi connectivity index (χ0v) is 39.1. The fraction of sp³-hybridized carbons (Fsp3) is 0.444. The maximum Gasteiger partial charge on any atom is 0.176 e. The van der Waals surface area contributed by atoms with E-state index in [0.717, 1.165) is 94.0 Å². The van der Waals surface area contributed by atoms with Crippen molar-refractivity contribution in [1.29, 1.82) is 0 Å². The third-order valence-corrected chi connectivity index (χ3v) is 12.4. The van der Waals surface area contributed by atoms with Gasteiger partial charge in [-0.25, -0.2) is 0 Å². The lowest BCUT2D eigenvalue weighted by atomic mass is 10.1. The quantitative estimate of drug-likeness (QED) is 0.0923. The number of nitrogens with zero attached hydrogens (tertiary/aromatic N) is 6. The number of hydrogen-bond donors (Lipinski definition) is 0. The van der Waals surface area contributed by atoms with E-state index in [-0.39, 0.29) is 5.78 Å². The molecule has 0 spiro atoms. The molecular formula is C45H59Cl4IN6O. The van der Waals surface area contributed by atoms with E-state index in [2.05, 4.69) is 117 Å². The Labute approximate surface area is 375 Å². The number of benzene rings is 4. The molecule has 57 heavy (non-hydrogen) atoms. The molecule has 0 radical (unpaired) electrons. The molecule has 0 aliphatic carbocycles. The molecule has 0 amide bonds. The maximum atomic E-state index is 12.3. The van der Waals surface area contributed by atoms with Gasteiger partial charge in [-0.05, 0) is 117 Å². The van der Waals surface area contributed by atoms with Crippen LogP contribution in [0, 0.1) is 3.57 Å². The smallest absolute Gasteiger partial charge is 0.176 e. The van der Waals surface area contributed by atoms with Crippen molar-refractivity contribution >= 4 is 74.8 Å². The van der Waals surface area contributed by atoms with Crippen LogP contribution < -0.4 is 0 Å². The van der Waals surface area contributed by atoms with E-state index in [1.165, 1.54) is 29.8 Å². The molecule has 0 unspecified atom stereocenters. The Morgan fingerprint density at radius 1 is 0.596 bits per heavy atom. The third-order valence-electron chi connectivity index (χ3n) is 10.2. The van der Waals surface area contributed by atoms with Gasteiger partial charge in [-0.1, -0.05) is 101 Å². The first-order valence-electron chi connectivity index (χ1n) is 19.7. The molecule has 6 rings (SSSR count). The van der Waals surface area contributed by atoms with E-state index < -0.39 is 0 Å². The minimum atomic E-state index is 0.220. The van der Waals surface area contributed by atoms with Gasteiger partial charge in [-0.15, -0.1) is 0 Å². The summed E-state index contributed by atoms with van der Waals surface area (Å²) in [4.78, 5) is 26.4. The van der Waals surface area contributed by atoms with Gasteiger partial charge in [0.15, 0.2) is 5.78 Å². The summed E-state index contributed by atoms with van der Waals surface area (Å²) in [7, 11) is 8.50. The van der Waals surface area contributed by atoms with Gasteiger partial charge in [0.05, 0.1) is 26.6 Å². The second kappa shape index (κ2) is 25.7. The van der Waals surface area contributed by atoms with Gasteiger partial charge in [0, 0.05) is 94.2 Å². The number of carbonyl (C=O) groups is 1. The number of ketones is 1. The van der Waals surface area contributed by atoms with Gasteiger partial charge in [0.2, 0.25) is 0 Å². The fourth-order valence-corrected chi connectivity index (χ4v) is 7.43. The monoisotopic (exact) mass is 966 g/mol. The summed E-state index contributed by atoms with van der Waals surface area (Å²) in [5.41, 5.74) is 4.67. The van der Waals surface area contributed by atoms with E-state index in [1.54, 1.807) is 0 Å². The first-order chi connectivity index (χ1) is 27.3. The van der Waals surface area contributed by atoms with Crippen LogP contribution in [0.4, 0.5) is 0 Å². The lowest BCUT2D eigenvalue weighted by Crippen LogP contribution is -2.47. The molecule has 0 saturated carbocycles. The van der Waals surface area contributed by atoms with Crippen molar-refractivity contribution in [1.82, 2.24) is 29.4 Å². The Morgan fingerprint density at radius 3 is 1.70 bits per heavy atom. The zero-order valence-electron chi connectivity index (χ0n) is 34.0. The molecule has 0 bridgehead atoms. The summed E-state index contributed by atoms with van der Waals surface area (Å²) < 4.78 is 1.16. The topological polar surface area (TPSA) is 36.5 Å². The fourth-order valence-electron chi connectivity index (χ4n) is 6.43. The molecule has 2 saturated heterocycles. The van der Waals surface area contributed by atoms with E-state index in [1.807, 2.05) is 54.6 Å².